The first kappa shape index (κ1) is 16.3. The number of amides is 2. The summed E-state index contributed by atoms with van der Waals surface area (Å²) < 4.78 is 0. The van der Waals surface area contributed by atoms with E-state index >= 15 is 0 Å². The molecular weight excluding hydrogens is 252 g/mol. The zero-order chi connectivity index (χ0) is 15.0. The molecule has 1 aromatic heterocycles. The Morgan fingerprint density at radius 1 is 1.25 bits per heavy atom. The molecule has 1 aromatic rings. The van der Waals surface area contributed by atoms with Gasteiger partial charge in [-0.15, -0.1) is 0 Å². The van der Waals surface area contributed by atoms with E-state index in [2.05, 4.69) is 34.4 Å². The van der Waals surface area contributed by atoms with Gasteiger partial charge in [0.05, 0.1) is 11.9 Å². The number of urea groups is 1. The van der Waals surface area contributed by atoms with E-state index in [0.717, 1.165) is 31.7 Å². The zero-order valence-corrected chi connectivity index (χ0v) is 12.9. The average Bonchev–Trinajstić information content (AvgIpc) is 2.38. The first-order valence-electron chi connectivity index (χ1n) is 7.35. The molecule has 0 aliphatic heterocycles. The lowest BCUT2D eigenvalue weighted by Gasteiger charge is -2.22. The van der Waals surface area contributed by atoms with E-state index in [0.29, 0.717) is 5.69 Å². The van der Waals surface area contributed by atoms with Crippen molar-refractivity contribution in [1.29, 1.82) is 0 Å². The number of nitrogens with one attached hydrogen (secondary N) is 2. The summed E-state index contributed by atoms with van der Waals surface area (Å²) in [5.41, 5.74) is 0.708. The fraction of sp³-hybridized carbons (Fsp3) is 0.600. The van der Waals surface area contributed by atoms with Gasteiger partial charge in [-0.2, -0.15) is 0 Å². The Bertz CT molecular complexity index is 397. The van der Waals surface area contributed by atoms with Crippen molar-refractivity contribution >= 4 is 17.5 Å². The van der Waals surface area contributed by atoms with Crippen molar-refractivity contribution in [3.63, 3.8) is 0 Å². The van der Waals surface area contributed by atoms with Crippen LogP contribution in [0, 0.1) is 0 Å². The van der Waals surface area contributed by atoms with Gasteiger partial charge in [-0.3, -0.25) is 0 Å². The Balaban J connectivity index is 2.64. The molecule has 2 amide bonds. The third-order valence-electron chi connectivity index (χ3n) is 2.74. The molecular formula is C15H26N4O. The third kappa shape index (κ3) is 5.47. The van der Waals surface area contributed by atoms with Crippen LogP contribution in [0.5, 0.6) is 0 Å². The van der Waals surface area contributed by atoms with Crippen molar-refractivity contribution in [2.45, 2.75) is 46.6 Å². The van der Waals surface area contributed by atoms with Gasteiger partial charge in [0.25, 0.3) is 0 Å². The van der Waals surface area contributed by atoms with Crippen molar-refractivity contribution in [3.8, 4) is 0 Å². The normalized spacial score (nSPS) is 10.4. The summed E-state index contributed by atoms with van der Waals surface area (Å²) in [4.78, 5) is 18.3. The SMILES string of the molecule is CCCN(CCC)c1ccc(NC(=O)NC(C)C)cn1. The number of aromatic nitrogens is 1. The van der Waals surface area contributed by atoms with Crippen LogP contribution < -0.4 is 15.5 Å². The van der Waals surface area contributed by atoms with Crippen molar-refractivity contribution in [2.24, 2.45) is 0 Å². The molecule has 2 N–H and O–H groups in total. The number of carbonyl (C=O) groups is 1. The second-order valence-corrected chi connectivity index (χ2v) is 5.15. The molecule has 0 radical (unpaired) electrons. The Hall–Kier alpha value is -1.78. The molecule has 1 heterocycles. The molecule has 0 aromatic carbocycles. The lowest BCUT2D eigenvalue weighted by Crippen LogP contribution is -2.34. The van der Waals surface area contributed by atoms with Gasteiger partial charge in [-0.25, -0.2) is 9.78 Å². The quantitative estimate of drug-likeness (QED) is 0.805. The van der Waals surface area contributed by atoms with Crippen LogP contribution in [0.15, 0.2) is 18.3 Å². The molecule has 5 nitrogen and oxygen atoms in total. The highest BCUT2D eigenvalue weighted by Crippen LogP contribution is 2.15. The second kappa shape index (κ2) is 8.40. The summed E-state index contributed by atoms with van der Waals surface area (Å²) in [6, 6.07) is 3.76. The first-order chi connectivity index (χ1) is 9.56. The minimum atomic E-state index is -0.200. The number of pyridine rings is 1. The summed E-state index contributed by atoms with van der Waals surface area (Å²) in [5.74, 6) is 0.962. The number of rotatable bonds is 7. The van der Waals surface area contributed by atoms with Crippen LogP contribution in [0.1, 0.15) is 40.5 Å². The average molecular weight is 278 g/mol. The van der Waals surface area contributed by atoms with E-state index in [9.17, 15) is 4.79 Å². The molecule has 0 fully saturated rings. The Kier molecular flexibility index (Phi) is 6.84. The highest BCUT2D eigenvalue weighted by atomic mass is 16.2. The van der Waals surface area contributed by atoms with E-state index in [1.165, 1.54) is 0 Å². The highest BCUT2D eigenvalue weighted by molar-refractivity contribution is 5.89. The molecule has 1 rings (SSSR count). The Labute approximate surface area is 121 Å². The van der Waals surface area contributed by atoms with Gasteiger partial charge in [0.1, 0.15) is 5.82 Å². The summed E-state index contributed by atoms with van der Waals surface area (Å²) in [6.07, 6.45) is 3.89. The summed E-state index contributed by atoms with van der Waals surface area (Å²) in [5, 5.41) is 5.55. The van der Waals surface area contributed by atoms with Crippen LogP contribution in [-0.2, 0) is 0 Å². The van der Waals surface area contributed by atoms with E-state index in [1.807, 2.05) is 26.0 Å². The predicted molar refractivity (Wildman–Crippen MR) is 84.3 cm³/mol. The van der Waals surface area contributed by atoms with Gasteiger partial charge in [0.15, 0.2) is 0 Å². The van der Waals surface area contributed by atoms with Gasteiger partial charge < -0.3 is 15.5 Å². The minimum Gasteiger partial charge on any atom is -0.357 e. The van der Waals surface area contributed by atoms with E-state index in [1.54, 1.807) is 6.20 Å². The second-order valence-electron chi connectivity index (χ2n) is 5.15. The fourth-order valence-electron chi connectivity index (χ4n) is 1.96. The molecule has 0 bridgehead atoms. The molecule has 0 aliphatic carbocycles. The van der Waals surface area contributed by atoms with Crippen LogP contribution in [0.25, 0.3) is 0 Å². The van der Waals surface area contributed by atoms with Gasteiger partial charge in [0.2, 0.25) is 0 Å². The Morgan fingerprint density at radius 3 is 2.35 bits per heavy atom. The standard InChI is InChI=1S/C15H26N4O/c1-5-9-19(10-6-2)14-8-7-13(11-16-14)18-15(20)17-12(3)4/h7-8,11-12H,5-6,9-10H2,1-4H3,(H2,17,18,20). The minimum absolute atomic E-state index is 0.117. The summed E-state index contributed by atoms with van der Waals surface area (Å²) in [6.45, 7) is 10.2. The third-order valence-corrected chi connectivity index (χ3v) is 2.74. The monoisotopic (exact) mass is 278 g/mol. The maximum absolute atomic E-state index is 11.6. The molecule has 0 atom stereocenters. The number of hydrogen-bond acceptors (Lipinski definition) is 3. The van der Waals surface area contributed by atoms with Crippen LogP contribution in [0.4, 0.5) is 16.3 Å². The Morgan fingerprint density at radius 2 is 1.90 bits per heavy atom. The van der Waals surface area contributed by atoms with Gasteiger partial charge in [-0.1, -0.05) is 13.8 Å². The topological polar surface area (TPSA) is 57.3 Å². The molecule has 0 saturated carbocycles. The number of hydrogen-bond donors (Lipinski definition) is 2. The van der Waals surface area contributed by atoms with E-state index in [-0.39, 0.29) is 12.1 Å². The lowest BCUT2D eigenvalue weighted by atomic mass is 10.3. The number of anilines is 2. The largest absolute Gasteiger partial charge is 0.357 e. The molecule has 0 aliphatic rings. The van der Waals surface area contributed by atoms with Crippen molar-refractivity contribution in [1.82, 2.24) is 10.3 Å². The zero-order valence-electron chi connectivity index (χ0n) is 12.9. The van der Waals surface area contributed by atoms with Gasteiger partial charge in [-0.05, 0) is 38.8 Å². The van der Waals surface area contributed by atoms with Crippen LogP contribution in [-0.4, -0.2) is 30.1 Å². The lowest BCUT2D eigenvalue weighted by molar-refractivity contribution is 0.250. The molecule has 5 heteroatoms. The van der Waals surface area contributed by atoms with E-state index in [4.69, 9.17) is 0 Å². The van der Waals surface area contributed by atoms with Crippen molar-refractivity contribution < 1.29 is 4.79 Å². The van der Waals surface area contributed by atoms with Crippen molar-refractivity contribution in [2.75, 3.05) is 23.3 Å². The molecule has 20 heavy (non-hydrogen) atoms. The first-order valence-corrected chi connectivity index (χ1v) is 7.35. The van der Waals surface area contributed by atoms with Crippen molar-refractivity contribution in [3.05, 3.63) is 18.3 Å². The van der Waals surface area contributed by atoms with E-state index < -0.39 is 0 Å². The fourth-order valence-corrected chi connectivity index (χ4v) is 1.96. The predicted octanol–water partition coefficient (Wildman–Crippen LogP) is 3.24. The molecule has 0 spiro atoms. The van der Waals surface area contributed by atoms with Crippen LogP contribution in [0.2, 0.25) is 0 Å². The molecule has 0 saturated heterocycles. The van der Waals surface area contributed by atoms with Gasteiger partial charge in [0, 0.05) is 19.1 Å². The maximum Gasteiger partial charge on any atom is 0.319 e. The molecule has 112 valence electrons. The summed E-state index contributed by atoms with van der Waals surface area (Å²) in [7, 11) is 0. The van der Waals surface area contributed by atoms with Crippen LogP contribution >= 0.6 is 0 Å². The smallest absolute Gasteiger partial charge is 0.319 e. The van der Waals surface area contributed by atoms with Crippen LogP contribution in [0.3, 0.4) is 0 Å². The number of carbonyl (C=O) groups excluding carboxylic acids is 1. The summed E-state index contributed by atoms with van der Waals surface area (Å²) >= 11 is 0. The number of nitrogens with zero attached hydrogens (tertiary/aromatic N) is 2. The maximum atomic E-state index is 11.6. The van der Waals surface area contributed by atoms with Gasteiger partial charge >= 0.3 is 6.03 Å². The highest BCUT2D eigenvalue weighted by Gasteiger charge is 2.07. The molecule has 0 unspecified atom stereocenters.